The molecule has 3 rings (SSSR count). The van der Waals surface area contributed by atoms with E-state index in [0.717, 1.165) is 44.7 Å². The molecule has 0 aromatic carbocycles. The summed E-state index contributed by atoms with van der Waals surface area (Å²) in [6.45, 7) is 2.25. The van der Waals surface area contributed by atoms with E-state index in [9.17, 15) is 4.79 Å². The predicted octanol–water partition coefficient (Wildman–Crippen LogP) is 1.45. The first-order chi connectivity index (χ1) is 8.81. The van der Waals surface area contributed by atoms with E-state index >= 15 is 0 Å². The van der Waals surface area contributed by atoms with Crippen LogP contribution in [0.15, 0.2) is 10.9 Å². The van der Waals surface area contributed by atoms with Crippen LogP contribution in [-0.4, -0.2) is 29.8 Å². The van der Waals surface area contributed by atoms with E-state index in [1.54, 1.807) is 0 Å². The lowest BCUT2D eigenvalue weighted by molar-refractivity contribution is 0.0489. The second-order valence-corrected chi connectivity index (χ2v) is 5.11. The molecule has 1 N–H and O–H groups in total. The van der Waals surface area contributed by atoms with Gasteiger partial charge >= 0.3 is 0 Å². The molecule has 5 heteroatoms. The van der Waals surface area contributed by atoms with E-state index in [1.807, 2.05) is 0 Å². The highest BCUT2D eigenvalue weighted by Crippen LogP contribution is 2.37. The molecule has 1 saturated carbocycles. The molecule has 1 saturated heterocycles. The lowest BCUT2D eigenvalue weighted by atomic mass is 10.0. The largest absolute Gasteiger partial charge is 0.477 e. The fourth-order valence-electron chi connectivity index (χ4n) is 2.19. The van der Waals surface area contributed by atoms with Gasteiger partial charge < -0.3 is 14.5 Å². The van der Waals surface area contributed by atoms with E-state index in [-0.39, 0.29) is 5.56 Å². The Hall–Kier alpha value is -1.36. The molecule has 1 aliphatic heterocycles. The normalized spacial score (nSPS) is 20.9. The Morgan fingerprint density at radius 1 is 1.33 bits per heavy atom. The number of hydrogen-bond acceptors (Lipinski definition) is 4. The maximum atomic E-state index is 11.5. The van der Waals surface area contributed by atoms with Crippen molar-refractivity contribution in [2.45, 2.75) is 31.6 Å². The van der Waals surface area contributed by atoms with Gasteiger partial charge in [-0.2, -0.15) is 4.98 Å². The third-order valence-corrected chi connectivity index (χ3v) is 3.51. The maximum Gasteiger partial charge on any atom is 0.254 e. The molecule has 0 spiro atoms. The molecule has 0 unspecified atom stereocenters. The van der Waals surface area contributed by atoms with E-state index in [1.165, 1.54) is 6.07 Å². The highest BCUT2D eigenvalue weighted by atomic mass is 16.5. The minimum atomic E-state index is -0.117. The lowest BCUT2D eigenvalue weighted by Gasteiger charge is -2.21. The number of aromatic nitrogens is 2. The van der Waals surface area contributed by atoms with Crippen molar-refractivity contribution in [1.82, 2.24) is 9.97 Å². The van der Waals surface area contributed by atoms with E-state index in [2.05, 4.69) is 9.97 Å². The molecular weight excluding hydrogens is 232 g/mol. The third-order valence-electron chi connectivity index (χ3n) is 3.51. The third kappa shape index (κ3) is 2.90. The minimum Gasteiger partial charge on any atom is -0.477 e. The topological polar surface area (TPSA) is 64.2 Å². The molecule has 0 amide bonds. The van der Waals surface area contributed by atoms with Gasteiger partial charge in [0.15, 0.2) is 0 Å². The highest BCUT2D eigenvalue weighted by molar-refractivity contribution is 5.14. The molecule has 1 aliphatic carbocycles. The molecule has 18 heavy (non-hydrogen) atoms. The van der Waals surface area contributed by atoms with Crippen molar-refractivity contribution in [2.24, 2.45) is 5.92 Å². The van der Waals surface area contributed by atoms with Crippen LogP contribution in [0.25, 0.3) is 0 Å². The lowest BCUT2D eigenvalue weighted by Crippen LogP contribution is -2.22. The average Bonchev–Trinajstić information content (AvgIpc) is 3.21. The van der Waals surface area contributed by atoms with Crippen molar-refractivity contribution in [3.63, 3.8) is 0 Å². The summed E-state index contributed by atoms with van der Waals surface area (Å²) in [7, 11) is 0. The number of H-pyrrole nitrogens is 1. The molecule has 2 aliphatic rings. The van der Waals surface area contributed by atoms with Crippen LogP contribution >= 0.6 is 0 Å². The molecule has 1 aromatic rings. The van der Waals surface area contributed by atoms with Crippen molar-refractivity contribution >= 4 is 0 Å². The summed E-state index contributed by atoms with van der Waals surface area (Å²) in [5.41, 5.74) is -0.117. The number of nitrogens with one attached hydrogen (secondary N) is 1. The Morgan fingerprint density at radius 3 is 2.83 bits per heavy atom. The first-order valence-corrected chi connectivity index (χ1v) is 6.63. The molecule has 2 heterocycles. The average molecular weight is 250 g/mol. The van der Waals surface area contributed by atoms with Crippen LogP contribution in [0.1, 0.15) is 37.4 Å². The molecule has 2 fully saturated rings. The second kappa shape index (κ2) is 5.10. The molecule has 5 nitrogen and oxygen atoms in total. The van der Waals surface area contributed by atoms with Crippen molar-refractivity contribution in [3.8, 4) is 5.88 Å². The van der Waals surface area contributed by atoms with Crippen LogP contribution in [0.2, 0.25) is 0 Å². The van der Waals surface area contributed by atoms with E-state index in [0.29, 0.717) is 24.3 Å². The standard InChI is InChI=1S/C13H18N2O3/c16-11-7-12(15-13(14-11)10-1-2-10)18-8-9-3-5-17-6-4-9/h7,9-10H,1-6,8H2,(H,14,15,16). The van der Waals surface area contributed by atoms with Crippen LogP contribution in [0.4, 0.5) is 0 Å². The predicted molar refractivity (Wildman–Crippen MR) is 65.9 cm³/mol. The maximum absolute atomic E-state index is 11.5. The monoisotopic (exact) mass is 250 g/mol. The Balaban J connectivity index is 1.62. The molecule has 0 atom stereocenters. The number of ether oxygens (including phenoxy) is 2. The Bertz CT molecular complexity index is 462. The summed E-state index contributed by atoms with van der Waals surface area (Å²) in [6.07, 6.45) is 4.29. The van der Waals surface area contributed by atoms with Gasteiger partial charge in [-0.25, -0.2) is 0 Å². The van der Waals surface area contributed by atoms with Gasteiger partial charge in [0.25, 0.3) is 5.56 Å². The van der Waals surface area contributed by atoms with Gasteiger partial charge in [0.1, 0.15) is 5.82 Å². The molecular formula is C13H18N2O3. The van der Waals surface area contributed by atoms with E-state index < -0.39 is 0 Å². The van der Waals surface area contributed by atoms with Crippen molar-refractivity contribution < 1.29 is 9.47 Å². The van der Waals surface area contributed by atoms with Crippen LogP contribution < -0.4 is 10.3 Å². The summed E-state index contributed by atoms with van der Waals surface area (Å²) < 4.78 is 11.0. The molecule has 0 radical (unpaired) electrons. The van der Waals surface area contributed by atoms with Crippen LogP contribution in [0.5, 0.6) is 5.88 Å². The van der Waals surface area contributed by atoms with Crippen molar-refractivity contribution in [2.75, 3.05) is 19.8 Å². The second-order valence-electron chi connectivity index (χ2n) is 5.11. The van der Waals surface area contributed by atoms with Gasteiger partial charge in [0, 0.05) is 19.1 Å². The summed E-state index contributed by atoms with van der Waals surface area (Å²) in [5, 5.41) is 0. The number of rotatable bonds is 4. The molecule has 1 aromatic heterocycles. The Labute approximate surface area is 106 Å². The number of hydrogen-bond donors (Lipinski definition) is 1. The van der Waals surface area contributed by atoms with Gasteiger partial charge in [-0.1, -0.05) is 0 Å². The number of nitrogens with zero attached hydrogens (tertiary/aromatic N) is 1. The van der Waals surface area contributed by atoms with E-state index in [4.69, 9.17) is 9.47 Å². The van der Waals surface area contributed by atoms with Gasteiger partial charge in [-0.3, -0.25) is 4.79 Å². The molecule has 98 valence electrons. The summed E-state index contributed by atoms with van der Waals surface area (Å²) in [5.74, 6) is 2.20. The van der Waals surface area contributed by atoms with Gasteiger partial charge in [-0.05, 0) is 31.6 Å². The summed E-state index contributed by atoms with van der Waals surface area (Å²) >= 11 is 0. The highest BCUT2D eigenvalue weighted by Gasteiger charge is 2.26. The summed E-state index contributed by atoms with van der Waals surface area (Å²) in [6, 6.07) is 1.44. The fraction of sp³-hybridized carbons (Fsp3) is 0.692. The summed E-state index contributed by atoms with van der Waals surface area (Å²) in [4.78, 5) is 18.7. The first-order valence-electron chi connectivity index (χ1n) is 6.63. The molecule has 0 bridgehead atoms. The van der Waals surface area contributed by atoms with Crippen LogP contribution in [0.3, 0.4) is 0 Å². The Morgan fingerprint density at radius 2 is 2.11 bits per heavy atom. The fourth-order valence-corrected chi connectivity index (χ4v) is 2.19. The van der Waals surface area contributed by atoms with Crippen LogP contribution in [0, 0.1) is 5.92 Å². The quantitative estimate of drug-likeness (QED) is 0.878. The Kier molecular flexibility index (Phi) is 3.32. The van der Waals surface area contributed by atoms with Gasteiger partial charge in [0.05, 0.1) is 12.7 Å². The minimum absolute atomic E-state index is 0.117. The number of aromatic amines is 1. The zero-order chi connectivity index (χ0) is 12.4. The first kappa shape index (κ1) is 11.7. The van der Waals surface area contributed by atoms with Crippen molar-refractivity contribution in [3.05, 3.63) is 22.2 Å². The van der Waals surface area contributed by atoms with Crippen molar-refractivity contribution in [1.29, 1.82) is 0 Å². The zero-order valence-electron chi connectivity index (χ0n) is 10.4. The van der Waals surface area contributed by atoms with Gasteiger partial charge in [-0.15, -0.1) is 0 Å². The SMILES string of the molecule is O=c1cc(OCC2CCOCC2)nc(C2CC2)[nH]1. The smallest absolute Gasteiger partial charge is 0.254 e. The van der Waals surface area contributed by atoms with Crippen LogP contribution in [-0.2, 0) is 4.74 Å². The van der Waals surface area contributed by atoms with Gasteiger partial charge in [0.2, 0.25) is 5.88 Å². The zero-order valence-corrected chi connectivity index (χ0v) is 10.4.